The van der Waals surface area contributed by atoms with E-state index in [0.29, 0.717) is 36.8 Å². The number of para-hydroxylation sites is 1. The van der Waals surface area contributed by atoms with Gasteiger partial charge in [-0.1, -0.05) is 25.0 Å². The van der Waals surface area contributed by atoms with Gasteiger partial charge in [0.15, 0.2) is 0 Å². The zero-order valence-electron chi connectivity index (χ0n) is 20.6. The van der Waals surface area contributed by atoms with E-state index in [-0.39, 0.29) is 37.5 Å². The third kappa shape index (κ3) is 6.99. The summed E-state index contributed by atoms with van der Waals surface area (Å²) < 4.78 is 13.0. The van der Waals surface area contributed by atoms with Crippen molar-refractivity contribution in [3.63, 3.8) is 0 Å². The number of benzene rings is 1. The van der Waals surface area contributed by atoms with E-state index in [2.05, 4.69) is 27.9 Å². The maximum atomic E-state index is 13.7. The van der Waals surface area contributed by atoms with Crippen molar-refractivity contribution < 1.29 is 29.3 Å². The van der Waals surface area contributed by atoms with Gasteiger partial charge in [-0.15, -0.1) is 0 Å². The summed E-state index contributed by atoms with van der Waals surface area (Å²) in [4.78, 5) is 28.4. The lowest BCUT2D eigenvalue weighted by atomic mass is 9.87. The molecule has 198 valence electrons. The van der Waals surface area contributed by atoms with Gasteiger partial charge in [0.05, 0.1) is 22.3 Å². The number of rotatable bonds is 10. The standard InChI is InChI=1S/C27H37IN2O6/c28-21-9-3-4-10-23(21)36-24-16-19(27(34)29-11-12-31)15-22(26(24)33)30(17-20-8-5-13-35-20)25(32)14-18-6-1-2-7-18/h3-4,9-10,16,18,20,22,24,26,31,33H,1-2,5-8,11-15,17H2,(H,29,34)/t20-,22+,24-,26-/m0/s1. The molecule has 8 nitrogen and oxygen atoms in total. The Morgan fingerprint density at radius 2 is 1.94 bits per heavy atom. The number of amides is 2. The van der Waals surface area contributed by atoms with E-state index >= 15 is 0 Å². The fraction of sp³-hybridized carbons (Fsp3) is 0.630. The number of hydrogen-bond donors (Lipinski definition) is 3. The number of halogens is 1. The molecule has 2 amide bonds. The predicted molar refractivity (Wildman–Crippen MR) is 143 cm³/mol. The van der Waals surface area contributed by atoms with Crippen molar-refractivity contribution in [3.8, 4) is 5.75 Å². The summed E-state index contributed by atoms with van der Waals surface area (Å²) in [5.74, 6) is 0.660. The van der Waals surface area contributed by atoms with Crippen LogP contribution in [0.4, 0.5) is 0 Å². The topological polar surface area (TPSA) is 108 Å². The van der Waals surface area contributed by atoms with Crippen LogP contribution in [0.5, 0.6) is 5.75 Å². The molecule has 1 aliphatic heterocycles. The highest BCUT2D eigenvalue weighted by atomic mass is 127. The van der Waals surface area contributed by atoms with Crippen LogP contribution in [0.25, 0.3) is 0 Å². The lowest BCUT2D eigenvalue weighted by molar-refractivity contribution is -0.141. The molecule has 3 aliphatic rings. The molecule has 2 fully saturated rings. The maximum Gasteiger partial charge on any atom is 0.247 e. The second kappa shape index (κ2) is 13.2. The number of hydrogen-bond acceptors (Lipinski definition) is 6. The fourth-order valence-corrected chi connectivity index (χ4v) is 5.99. The highest BCUT2D eigenvalue weighted by Crippen LogP contribution is 2.33. The minimum atomic E-state index is -1.01. The Bertz CT molecular complexity index is 929. The summed E-state index contributed by atoms with van der Waals surface area (Å²) in [6, 6.07) is 6.89. The van der Waals surface area contributed by atoms with Crippen molar-refractivity contribution in [1.82, 2.24) is 10.2 Å². The summed E-state index contributed by atoms with van der Waals surface area (Å²) in [5.41, 5.74) is 0.445. The van der Waals surface area contributed by atoms with Crippen LogP contribution in [0.1, 0.15) is 51.4 Å². The molecular weight excluding hydrogens is 575 g/mol. The maximum absolute atomic E-state index is 13.7. The number of aliphatic hydroxyl groups excluding tert-OH is 2. The van der Waals surface area contributed by atoms with E-state index in [4.69, 9.17) is 9.47 Å². The van der Waals surface area contributed by atoms with Crippen LogP contribution in [-0.4, -0.2) is 77.6 Å². The van der Waals surface area contributed by atoms with Gasteiger partial charge in [-0.05, 0) is 72.4 Å². The Balaban J connectivity index is 1.61. The molecule has 0 radical (unpaired) electrons. The van der Waals surface area contributed by atoms with Gasteiger partial charge in [0.25, 0.3) is 0 Å². The highest BCUT2D eigenvalue weighted by molar-refractivity contribution is 14.1. The van der Waals surface area contributed by atoms with Crippen LogP contribution in [0.2, 0.25) is 0 Å². The Labute approximate surface area is 226 Å². The van der Waals surface area contributed by atoms with Crippen LogP contribution in [-0.2, 0) is 14.3 Å². The SMILES string of the molecule is O=C(NCCO)C1=C[C@H](Oc2ccccc2I)[C@@H](O)[C@H](N(C[C@@H]2CCCO2)C(=O)CC2CCCC2)C1. The fourth-order valence-electron chi connectivity index (χ4n) is 5.48. The molecule has 1 heterocycles. The van der Waals surface area contributed by atoms with Crippen molar-refractivity contribution in [2.45, 2.75) is 75.7 Å². The second-order valence-corrected chi connectivity index (χ2v) is 11.1. The molecule has 4 atom stereocenters. The molecule has 4 rings (SSSR count). The number of ether oxygens (including phenoxy) is 2. The van der Waals surface area contributed by atoms with Gasteiger partial charge in [-0.25, -0.2) is 0 Å². The summed E-state index contributed by atoms with van der Waals surface area (Å²) in [6.45, 7) is 1.04. The number of carbonyl (C=O) groups excluding carboxylic acids is 2. The zero-order chi connectivity index (χ0) is 25.5. The van der Waals surface area contributed by atoms with Gasteiger partial charge in [0.2, 0.25) is 11.8 Å². The van der Waals surface area contributed by atoms with Crippen LogP contribution in [0.15, 0.2) is 35.9 Å². The quantitative estimate of drug-likeness (QED) is 0.351. The van der Waals surface area contributed by atoms with Crippen molar-refractivity contribution in [3.05, 3.63) is 39.5 Å². The number of nitrogens with zero attached hydrogens (tertiary/aromatic N) is 1. The molecule has 0 bridgehead atoms. The van der Waals surface area contributed by atoms with Gasteiger partial charge in [0.1, 0.15) is 18.0 Å². The Kier molecular flexibility index (Phi) is 10.0. The lowest BCUT2D eigenvalue weighted by Gasteiger charge is -2.41. The van der Waals surface area contributed by atoms with Crippen molar-refractivity contribution >= 4 is 34.4 Å². The van der Waals surface area contributed by atoms with Gasteiger partial charge >= 0.3 is 0 Å². The van der Waals surface area contributed by atoms with Crippen LogP contribution >= 0.6 is 22.6 Å². The normalized spacial score (nSPS) is 26.5. The molecule has 1 saturated heterocycles. The second-order valence-electron chi connectivity index (χ2n) is 9.98. The molecule has 36 heavy (non-hydrogen) atoms. The molecule has 0 aromatic heterocycles. The molecule has 0 spiro atoms. The predicted octanol–water partition coefficient (Wildman–Crippen LogP) is 2.79. The lowest BCUT2D eigenvalue weighted by Crippen LogP contribution is -2.56. The van der Waals surface area contributed by atoms with Gasteiger partial charge < -0.3 is 29.9 Å². The number of carbonyl (C=O) groups is 2. The van der Waals surface area contributed by atoms with Gasteiger partial charge in [-0.2, -0.15) is 0 Å². The van der Waals surface area contributed by atoms with Crippen LogP contribution in [0.3, 0.4) is 0 Å². The van der Waals surface area contributed by atoms with E-state index in [1.54, 1.807) is 11.0 Å². The summed E-state index contributed by atoms with van der Waals surface area (Å²) >= 11 is 2.17. The van der Waals surface area contributed by atoms with E-state index in [1.165, 1.54) is 0 Å². The Hall–Kier alpha value is -1.69. The first-order valence-electron chi connectivity index (χ1n) is 13.1. The molecule has 2 aliphatic carbocycles. The summed E-state index contributed by atoms with van der Waals surface area (Å²) in [6.07, 6.45) is 6.68. The molecule has 1 saturated carbocycles. The van der Waals surface area contributed by atoms with Gasteiger partial charge in [-0.3, -0.25) is 9.59 Å². The smallest absolute Gasteiger partial charge is 0.247 e. The highest BCUT2D eigenvalue weighted by Gasteiger charge is 2.42. The molecule has 3 N–H and O–H groups in total. The van der Waals surface area contributed by atoms with Crippen molar-refractivity contribution in [1.29, 1.82) is 0 Å². The minimum Gasteiger partial charge on any atom is -0.482 e. The van der Waals surface area contributed by atoms with E-state index in [9.17, 15) is 19.8 Å². The zero-order valence-corrected chi connectivity index (χ0v) is 22.8. The monoisotopic (exact) mass is 612 g/mol. The average Bonchev–Trinajstić information content (AvgIpc) is 3.58. The summed E-state index contributed by atoms with van der Waals surface area (Å²) in [7, 11) is 0. The van der Waals surface area contributed by atoms with E-state index < -0.39 is 18.2 Å². The first-order chi connectivity index (χ1) is 17.5. The van der Waals surface area contributed by atoms with E-state index in [1.807, 2.05) is 24.3 Å². The average molecular weight is 613 g/mol. The number of nitrogens with one attached hydrogen (secondary N) is 1. The third-order valence-corrected chi connectivity index (χ3v) is 8.29. The third-order valence-electron chi connectivity index (χ3n) is 7.40. The number of aliphatic hydroxyl groups is 2. The molecular formula is C27H37IN2O6. The summed E-state index contributed by atoms with van der Waals surface area (Å²) in [5, 5.41) is 23.4. The molecule has 0 unspecified atom stereocenters. The first kappa shape index (κ1) is 27.3. The first-order valence-corrected chi connectivity index (χ1v) is 14.1. The molecule has 1 aromatic carbocycles. The van der Waals surface area contributed by atoms with Crippen LogP contribution < -0.4 is 10.1 Å². The molecule has 1 aromatic rings. The van der Waals surface area contributed by atoms with E-state index in [0.717, 1.165) is 42.1 Å². The van der Waals surface area contributed by atoms with Crippen molar-refractivity contribution in [2.75, 3.05) is 26.3 Å². The van der Waals surface area contributed by atoms with Crippen molar-refractivity contribution in [2.24, 2.45) is 5.92 Å². The minimum absolute atomic E-state index is 0.00603. The largest absolute Gasteiger partial charge is 0.482 e. The van der Waals surface area contributed by atoms with Crippen LogP contribution in [0, 0.1) is 9.49 Å². The molecule has 9 heteroatoms. The Morgan fingerprint density at radius 3 is 2.64 bits per heavy atom. The van der Waals surface area contributed by atoms with Gasteiger partial charge in [0, 0.05) is 38.1 Å². The Morgan fingerprint density at radius 1 is 1.17 bits per heavy atom.